The Kier molecular flexibility index (Phi) is 4.88. The maximum atomic E-state index is 6.05. The second kappa shape index (κ2) is 7.44. The van der Waals surface area contributed by atoms with Crippen molar-refractivity contribution in [2.75, 3.05) is 0 Å². The van der Waals surface area contributed by atoms with Gasteiger partial charge in [-0.15, -0.1) is 16.4 Å². The molecule has 2 aromatic carbocycles. The van der Waals surface area contributed by atoms with Gasteiger partial charge in [0.15, 0.2) is 5.82 Å². The standard InChI is InChI=1S/C19H14ClN3S2/c20-15-10-8-14(9-11-15)17(13-5-2-1-3-6-13)25-19-21-18(22-23-19)16-7-4-12-24-16/h1-12,17H,(H,21,22,23)/t17-/m1/s1. The van der Waals surface area contributed by atoms with Crippen LogP contribution in [-0.4, -0.2) is 15.2 Å². The number of hydrogen-bond donors (Lipinski definition) is 1. The largest absolute Gasteiger partial charge is 0.257 e. The van der Waals surface area contributed by atoms with Crippen molar-refractivity contribution in [2.45, 2.75) is 10.4 Å². The van der Waals surface area contributed by atoms with Crippen LogP contribution in [0.4, 0.5) is 0 Å². The topological polar surface area (TPSA) is 41.6 Å². The van der Waals surface area contributed by atoms with Crippen LogP contribution in [0.25, 0.3) is 10.7 Å². The molecule has 0 amide bonds. The molecular formula is C19H14ClN3S2. The number of H-pyrrole nitrogens is 1. The molecule has 4 rings (SSSR count). The van der Waals surface area contributed by atoms with E-state index in [1.807, 2.05) is 47.8 Å². The normalized spacial score (nSPS) is 12.2. The van der Waals surface area contributed by atoms with Gasteiger partial charge in [0.1, 0.15) is 0 Å². The molecule has 0 unspecified atom stereocenters. The van der Waals surface area contributed by atoms with Crippen LogP contribution in [0.3, 0.4) is 0 Å². The monoisotopic (exact) mass is 383 g/mol. The van der Waals surface area contributed by atoms with Gasteiger partial charge in [-0.3, -0.25) is 5.10 Å². The average Bonchev–Trinajstić information content (AvgIpc) is 3.33. The lowest BCUT2D eigenvalue weighted by Gasteiger charge is -2.16. The lowest BCUT2D eigenvalue weighted by Crippen LogP contribution is -1.97. The van der Waals surface area contributed by atoms with Gasteiger partial charge in [-0.2, -0.15) is 0 Å². The van der Waals surface area contributed by atoms with Gasteiger partial charge in [-0.05, 0) is 34.7 Å². The van der Waals surface area contributed by atoms with E-state index in [2.05, 4.69) is 39.4 Å². The summed E-state index contributed by atoms with van der Waals surface area (Å²) in [5.41, 5.74) is 2.38. The van der Waals surface area contributed by atoms with Gasteiger partial charge in [0.2, 0.25) is 5.16 Å². The second-order valence-electron chi connectivity index (χ2n) is 5.40. The predicted octanol–water partition coefficient (Wildman–Crippen LogP) is 6.07. The number of benzene rings is 2. The van der Waals surface area contributed by atoms with Gasteiger partial charge in [-0.1, -0.05) is 71.9 Å². The van der Waals surface area contributed by atoms with Gasteiger partial charge < -0.3 is 0 Å². The van der Waals surface area contributed by atoms with E-state index in [0.29, 0.717) is 0 Å². The molecule has 0 bridgehead atoms. The van der Waals surface area contributed by atoms with Gasteiger partial charge in [-0.25, -0.2) is 4.98 Å². The Morgan fingerprint density at radius 3 is 2.40 bits per heavy atom. The third-order valence-electron chi connectivity index (χ3n) is 3.72. The minimum atomic E-state index is 0.102. The summed E-state index contributed by atoms with van der Waals surface area (Å²) < 4.78 is 0. The number of aromatic amines is 1. The van der Waals surface area contributed by atoms with Crippen molar-refractivity contribution >= 4 is 34.7 Å². The molecule has 2 heterocycles. The summed E-state index contributed by atoms with van der Waals surface area (Å²) in [5, 5.41) is 11.0. The minimum Gasteiger partial charge on any atom is -0.257 e. The summed E-state index contributed by atoms with van der Waals surface area (Å²) in [6.45, 7) is 0. The lowest BCUT2D eigenvalue weighted by atomic mass is 10.0. The van der Waals surface area contributed by atoms with Crippen molar-refractivity contribution in [1.82, 2.24) is 15.2 Å². The summed E-state index contributed by atoms with van der Waals surface area (Å²) in [6, 6.07) is 22.4. The Labute approximate surface area is 159 Å². The third-order valence-corrected chi connectivity index (χ3v) is 6.02. The Hall–Kier alpha value is -2.08. The maximum Gasteiger partial charge on any atom is 0.209 e. The van der Waals surface area contributed by atoms with Crippen LogP contribution in [0.2, 0.25) is 5.02 Å². The smallest absolute Gasteiger partial charge is 0.209 e. The van der Waals surface area contributed by atoms with E-state index in [4.69, 9.17) is 11.6 Å². The van der Waals surface area contributed by atoms with Gasteiger partial charge >= 0.3 is 0 Å². The highest BCUT2D eigenvalue weighted by atomic mass is 35.5. The average molecular weight is 384 g/mol. The molecule has 0 aliphatic heterocycles. The Morgan fingerprint density at radius 1 is 0.920 bits per heavy atom. The summed E-state index contributed by atoms with van der Waals surface area (Å²) in [5.74, 6) is 0.806. The molecule has 0 aliphatic carbocycles. The van der Waals surface area contributed by atoms with E-state index >= 15 is 0 Å². The fraction of sp³-hybridized carbons (Fsp3) is 0.0526. The molecule has 2 aromatic heterocycles. The number of hydrogen-bond acceptors (Lipinski definition) is 4. The molecule has 1 atom stereocenters. The number of rotatable bonds is 5. The zero-order valence-corrected chi connectivity index (χ0v) is 15.5. The van der Waals surface area contributed by atoms with Crippen LogP contribution in [0.15, 0.2) is 77.3 Å². The number of thiophene rings is 1. The predicted molar refractivity (Wildman–Crippen MR) is 105 cm³/mol. The zero-order chi connectivity index (χ0) is 17.1. The first-order valence-corrected chi connectivity index (χ1v) is 9.87. The SMILES string of the molecule is Clc1ccc([C@H](Sc2n[nH]c(-c3cccs3)n2)c2ccccc2)cc1. The van der Waals surface area contributed by atoms with E-state index in [-0.39, 0.29) is 5.25 Å². The van der Waals surface area contributed by atoms with Gasteiger partial charge in [0, 0.05) is 5.02 Å². The summed E-state index contributed by atoms with van der Waals surface area (Å²) in [4.78, 5) is 5.73. The van der Waals surface area contributed by atoms with E-state index in [1.54, 1.807) is 23.1 Å². The van der Waals surface area contributed by atoms with Crippen LogP contribution in [-0.2, 0) is 0 Å². The van der Waals surface area contributed by atoms with Crippen molar-refractivity contribution in [3.63, 3.8) is 0 Å². The molecule has 0 saturated heterocycles. The van der Waals surface area contributed by atoms with E-state index < -0.39 is 0 Å². The van der Waals surface area contributed by atoms with Crippen molar-refractivity contribution in [1.29, 1.82) is 0 Å². The highest BCUT2D eigenvalue weighted by Crippen LogP contribution is 2.39. The quantitative estimate of drug-likeness (QED) is 0.425. The molecule has 1 N–H and O–H groups in total. The Balaban J connectivity index is 1.66. The van der Waals surface area contributed by atoms with Crippen molar-refractivity contribution < 1.29 is 0 Å². The Bertz CT molecular complexity index is 934. The van der Waals surface area contributed by atoms with E-state index in [1.165, 1.54) is 11.1 Å². The third kappa shape index (κ3) is 3.79. The molecule has 4 aromatic rings. The number of nitrogens with zero attached hydrogens (tertiary/aromatic N) is 2. The molecule has 0 fully saturated rings. The highest BCUT2D eigenvalue weighted by molar-refractivity contribution is 7.99. The first-order chi connectivity index (χ1) is 12.3. The highest BCUT2D eigenvalue weighted by Gasteiger charge is 2.18. The first kappa shape index (κ1) is 16.4. The fourth-order valence-electron chi connectivity index (χ4n) is 2.52. The molecule has 3 nitrogen and oxygen atoms in total. The summed E-state index contributed by atoms with van der Waals surface area (Å²) in [6.07, 6.45) is 0. The van der Waals surface area contributed by atoms with Crippen LogP contribution in [0.5, 0.6) is 0 Å². The first-order valence-electron chi connectivity index (χ1n) is 7.73. The maximum absolute atomic E-state index is 6.05. The molecule has 124 valence electrons. The van der Waals surface area contributed by atoms with Gasteiger partial charge in [0.05, 0.1) is 10.1 Å². The van der Waals surface area contributed by atoms with E-state index in [0.717, 1.165) is 20.9 Å². The van der Waals surface area contributed by atoms with E-state index in [9.17, 15) is 0 Å². The van der Waals surface area contributed by atoms with Crippen LogP contribution in [0.1, 0.15) is 16.4 Å². The number of halogens is 1. The number of nitrogens with one attached hydrogen (secondary N) is 1. The number of aromatic nitrogens is 3. The summed E-state index contributed by atoms with van der Waals surface area (Å²) in [7, 11) is 0. The molecule has 0 saturated carbocycles. The van der Waals surface area contributed by atoms with Crippen molar-refractivity contribution in [2.24, 2.45) is 0 Å². The summed E-state index contributed by atoms with van der Waals surface area (Å²) >= 11 is 9.32. The minimum absolute atomic E-state index is 0.102. The Morgan fingerprint density at radius 2 is 1.68 bits per heavy atom. The lowest BCUT2D eigenvalue weighted by molar-refractivity contribution is 0.965. The molecule has 25 heavy (non-hydrogen) atoms. The molecule has 0 aliphatic rings. The van der Waals surface area contributed by atoms with Crippen molar-refractivity contribution in [3.05, 3.63) is 88.3 Å². The van der Waals surface area contributed by atoms with Gasteiger partial charge in [0.25, 0.3) is 0 Å². The number of thioether (sulfide) groups is 1. The second-order valence-corrected chi connectivity index (χ2v) is 7.86. The fourth-order valence-corrected chi connectivity index (χ4v) is 4.35. The molecule has 6 heteroatoms. The molecular weight excluding hydrogens is 370 g/mol. The van der Waals surface area contributed by atoms with Crippen LogP contribution >= 0.6 is 34.7 Å². The van der Waals surface area contributed by atoms with Crippen molar-refractivity contribution in [3.8, 4) is 10.7 Å². The molecule has 0 spiro atoms. The zero-order valence-electron chi connectivity index (χ0n) is 13.1. The molecule has 0 radical (unpaired) electrons. The van der Waals surface area contributed by atoms with Crippen LogP contribution < -0.4 is 0 Å². The van der Waals surface area contributed by atoms with Crippen LogP contribution in [0, 0.1) is 0 Å².